The summed E-state index contributed by atoms with van der Waals surface area (Å²) in [5, 5.41) is 12.8. The average molecular weight is 457 g/mol. The minimum atomic E-state index is 0. The maximum atomic E-state index is 9.75. The van der Waals surface area contributed by atoms with Crippen LogP contribution >= 0.6 is 24.0 Å². The Morgan fingerprint density at radius 3 is 2.44 bits per heavy atom. The van der Waals surface area contributed by atoms with E-state index in [9.17, 15) is 5.11 Å². The summed E-state index contributed by atoms with van der Waals surface area (Å²) >= 11 is 0. The number of nitrogens with zero attached hydrogens (tertiary/aromatic N) is 1. The summed E-state index contributed by atoms with van der Waals surface area (Å²) in [6.45, 7) is 4.31. The fourth-order valence-corrected chi connectivity index (χ4v) is 2.09. The van der Waals surface area contributed by atoms with Gasteiger partial charge >= 0.3 is 0 Å². The van der Waals surface area contributed by atoms with Crippen LogP contribution in [0.15, 0.2) is 47.5 Å². The second kappa shape index (κ2) is 9.97. The minimum absolute atomic E-state index is 0. The zero-order chi connectivity index (χ0) is 17.5. The molecule has 0 bridgehead atoms. The molecule has 136 valence electrons. The number of ether oxygens (including phenoxy) is 2. The molecule has 0 spiro atoms. The molecule has 0 aliphatic carbocycles. The van der Waals surface area contributed by atoms with Gasteiger partial charge in [0.25, 0.3) is 0 Å². The highest BCUT2D eigenvalue weighted by Crippen LogP contribution is 2.26. The van der Waals surface area contributed by atoms with Gasteiger partial charge in [-0.15, -0.1) is 24.0 Å². The molecule has 2 aromatic rings. The lowest BCUT2D eigenvalue weighted by atomic mass is 10.2. The van der Waals surface area contributed by atoms with Crippen molar-refractivity contribution >= 4 is 35.6 Å². The molecule has 0 aliphatic rings. The molecule has 0 atom stereocenters. The summed E-state index contributed by atoms with van der Waals surface area (Å²) in [6.07, 6.45) is 0.136. The predicted octanol–water partition coefficient (Wildman–Crippen LogP) is 3.73. The number of phenolic OH excluding ortho intramolecular Hbond substituents is 1. The molecule has 7 heteroatoms. The maximum Gasteiger partial charge on any atom is 0.193 e. The highest BCUT2D eigenvalue weighted by molar-refractivity contribution is 14.0. The molecule has 6 nitrogen and oxygen atoms in total. The number of nitrogens with two attached hydrogens (primary N) is 1. The van der Waals surface area contributed by atoms with Crippen molar-refractivity contribution in [3.8, 4) is 17.2 Å². The normalized spacial score (nSPS) is 11.0. The molecule has 25 heavy (non-hydrogen) atoms. The Balaban J connectivity index is 0.00000312. The van der Waals surface area contributed by atoms with E-state index in [4.69, 9.17) is 15.2 Å². The first-order valence-electron chi connectivity index (χ1n) is 7.67. The second-order valence-corrected chi connectivity index (χ2v) is 5.52. The number of benzene rings is 2. The Hall–Kier alpha value is -2.16. The molecule has 0 saturated carbocycles. The lowest BCUT2D eigenvalue weighted by molar-refractivity contribution is 0.242. The van der Waals surface area contributed by atoms with Crippen LogP contribution < -0.4 is 20.5 Å². The van der Waals surface area contributed by atoms with Gasteiger partial charge in [-0.25, -0.2) is 4.99 Å². The fraction of sp³-hybridized carbons (Fsp3) is 0.278. The highest BCUT2D eigenvalue weighted by Gasteiger charge is 2.03. The molecule has 2 rings (SSSR count). The molecule has 2 aromatic carbocycles. The average Bonchev–Trinajstić information content (AvgIpc) is 2.54. The van der Waals surface area contributed by atoms with Crippen LogP contribution in [0.1, 0.15) is 19.4 Å². The molecular formula is C18H24IN3O3. The maximum absolute atomic E-state index is 9.75. The van der Waals surface area contributed by atoms with Crippen LogP contribution in [-0.4, -0.2) is 24.3 Å². The first-order chi connectivity index (χ1) is 11.5. The molecule has 0 saturated heterocycles. The van der Waals surface area contributed by atoms with E-state index in [1.54, 1.807) is 12.1 Å². The van der Waals surface area contributed by atoms with E-state index in [1.165, 1.54) is 7.11 Å². The Morgan fingerprint density at radius 1 is 1.20 bits per heavy atom. The molecule has 4 N–H and O–H groups in total. The Bertz CT molecular complexity index is 703. The summed E-state index contributed by atoms with van der Waals surface area (Å²) in [4.78, 5) is 4.26. The predicted molar refractivity (Wildman–Crippen MR) is 111 cm³/mol. The molecule has 0 radical (unpaired) electrons. The van der Waals surface area contributed by atoms with E-state index in [0.717, 1.165) is 17.0 Å². The van der Waals surface area contributed by atoms with Gasteiger partial charge in [0.1, 0.15) is 5.75 Å². The van der Waals surface area contributed by atoms with Crippen LogP contribution in [0.2, 0.25) is 0 Å². The molecule has 0 aliphatic heterocycles. The number of hydrogen-bond donors (Lipinski definition) is 3. The summed E-state index contributed by atoms with van der Waals surface area (Å²) in [7, 11) is 1.51. The molecule has 0 fully saturated rings. The fourth-order valence-electron chi connectivity index (χ4n) is 2.09. The largest absolute Gasteiger partial charge is 0.504 e. The molecule has 0 aromatic heterocycles. The van der Waals surface area contributed by atoms with Crippen molar-refractivity contribution in [3.63, 3.8) is 0 Å². The van der Waals surface area contributed by atoms with Crippen LogP contribution in [0.4, 0.5) is 5.69 Å². The number of rotatable bonds is 6. The zero-order valence-electron chi connectivity index (χ0n) is 14.5. The number of phenols is 1. The highest BCUT2D eigenvalue weighted by atomic mass is 127. The van der Waals surface area contributed by atoms with E-state index in [-0.39, 0.29) is 35.8 Å². The first kappa shape index (κ1) is 20.9. The van der Waals surface area contributed by atoms with Crippen molar-refractivity contribution < 1.29 is 14.6 Å². The van der Waals surface area contributed by atoms with Gasteiger partial charge < -0.3 is 25.6 Å². The molecule has 0 amide bonds. The van der Waals surface area contributed by atoms with E-state index < -0.39 is 0 Å². The SMILES string of the molecule is COc1ccc(CN=C(N)Nc2ccc(OC(C)C)cc2)cc1O.I. The van der Waals surface area contributed by atoms with Crippen LogP contribution in [-0.2, 0) is 6.54 Å². The third-order valence-electron chi connectivity index (χ3n) is 3.17. The monoisotopic (exact) mass is 457 g/mol. The van der Waals surface area contributed by atoms with Crippen molar-refractivity contribution in [2.75, 3.05) is 12.4 Å². The van der Waals surface area contributed by atoms with Gasteiger partial charge in [-0.3, -0.25) is 0 Å². The number of aromatic hydroxyl groups is 1. The van der Waals surface area contributed by atoms with Gasteiger partial charge in [-0.05, 0) is 55.8 Å². The first-order valence-corrected chi connectivity index (χ1v) is 7.67. The summed E-state index contributed by atoms with van der Waals surface area (Å²) < 4.78 is 10.6. The lowest BCUT2D eigenvalue weighted by Gasteiger charge is -2.11. The Labute approximate surface area is 165 Å². The summed E-state index contributed by atoms with van der Waals surface area (Å²) in [5.74, 6) is 1.61. The van der Waals surface area contributed by atoms with Crippen LogP contribution in [0.5, 0.6) is 17.2 Å². The van der Waals surface area contributed by atoms with Crippen molar-refractivity contribution in [3.05, 3.63) is 48.0 Å². The van der Waals surface area contributed by atoms with Crippen LogP contribution in [0, 0.1) is 0 Å². The Kier molecular flexibility index (Phi) is 8.33. The number of nitrogens with one attached hydrogen (secondary N) is 1. The number of hydrogen-bond acceptors (Lipinski definition) is 4. The zero-order valence-corrected chi connectivity index (χ0v) is 16.9. The van der Waals surface area contributed by atoms with Crippen molar-refractivity contribution in [1.82, 2.24) is 0 Å². The third-order valence-corrected chi connectivity index (χ3v) is 3.17. The van der Waals surface area contributed by atoms with Crippen LogP contribution in [0.3, 0.4) is 0 Å². The number of halogens is 1. The summed E-state index contributed by atoms with van der Waals surface area (Å²) in [6, 6.07) is 12.6. The van der Waals surface area contributed by atoms with E-state index in [2.05, 4.69) is 10.3 Å². The van der Waals surface area contributed by atoms with E-state index in [0.29, 0.717) is 18.3 Å². The summed E-state index contributed by atoms with van der Waals surface area (Å²) in [5.41, 5.74) is 7.54. The third kappa shape index (κ3) is 6.69. The molecule has 0 heterocycles. The quantitative estimate of drug-likeness (QED) is 0.350. The topological polar surface area (TPSA) is 89.1 Å². The van der Waals surface area contributed by atoms with Gasteiger partial charge in [0.15, 0.2) is 17.5 Å². The number of guanidine groups is 1. The van der Waals surface area contributed by atoms with E-state index in [1.807, 2.05) is 44.2 Å². The van der Waals surface area contributed by atoms with Gasteiger partial charge in [-0.1, -0.05) is 6.07 Å². The minimum Gasteiger partial charge on any atom is -0.504 e. The van der Waals surface area contributed by atoms with Crippen LogP contribution in [0.25, 0.3) is 0 Å². The molecular weight excluding hydrogens is 433 g/mol. The number of aliphatic imine (C=N–C) groups is 1. The number of anilines is 1. The smallest absolute Gasteiger partial charge is 0.193 e. The number of methoxy groups -OCH3 is 1. The Morgan fingerprint density at radius 2 is 1.88 bits per heavy atom. The van der Waals surface area contributed by atoms with Crippen molar-refractivity contribution in [2.45, 2.75) is 26.5 Å². The van der Waals surface area contributed by atoms with Crippen molar-refractivity contribution in [1.29, 1.82) is 0 Å². The van der Waals surface area contributed by atoms with Gasteiger partial charge in [-0.2, -0.15) is 0 Å². The second-order valence-electron chi connectivity index (χ2n) is 5.52. The van der Waals surface area contributed by atoms with Gasteiger partial charge in [0.05, 0.1) is 19.8 Å². The van der Waals surface area contributed by atoms with Crippen molar-refractivity contribution in [2.24, 2.45) is 10.7 Å². The van der Waals surface area contributed by atoms with Gasteiger partial charge in [0.2, 0.25) is 0 Å². The van der Waals surface area contributed by atoms with E-state index >= 15 is 0 Å². The molecule has 0 unspecified atom stereocenters. The standard InChI is InChI=1S/C18H23N3O3.HI/c1-12(2)24-15-7-5-14(6-8-15)21-18(19)20-11-13-4-9-17(23-3)16(22)10-13;/h4-10,12,22H,11H2,1-3H3,(H3,19,20,21);1H. The lowest BCUT2D eigenvalue weighted by Crippen LogP contribution is -2.22. The van der Waals surface area contributed by atoms with Gasteiger partial charge in [0, 0.05) is 5.69 Å².